The molecule has 0 spiro atoms. The van der Waals surface area contributed by atoms with Crippen molar-refractivity contribution in [1.82, 2.24) is 10.6 Å². The predicted octanol–water partition coefficient (Wildman–Crippen LogP) is 2.17. The maximum absolute atomic E-state index is 11.8. The van der Waals surface area contributed by atoms with Crippen LogP contribution in [0.4, 0.5) is 4.79 Å². The molecule has 1 saturated carbocycles. The van der Waals surface area contributed by atoms with Crippen LogP contribution in [0.3, 0.4) is 0 Å². The number of carboxylic acid groups (broad SMARTS) is 1. The summed E-state index contributed by atoms with van der Waals surface area (Å²) in [5.41, 5.74) is 0.427. The number of thioether (sulfide) groups is 1. The number of aliphatic carboxylic acids is 1. The summed E-state index contributed by atoms with van der Waals surface area (Å²) in [5, 5.41) is 14.4. The largest absolute Gasteiger partial charge is 0.480 e. The second-order valence-electron chi connectivity index (χ2n) is 6.52. The Morgan fingerprint density at radius 3 is 2.20 bits per heavy atom. The van der Waals surface area contributed by atoms with Crippen LogP contribution in [-0.4, -0.2) is 41.7 Å². The minimum atomic E-state index is -0.985. The van der Waals surface area contributed by atoms with Gasteiger partial charge >= 0.3 is 12.0 Å². The number of carboxylic acids is 1. The number of amides is 2. The van der Waals surface area contributed by atoms with E-state index in [1.807, 2.05) is 6.26 Å². The first-order valence-corrected chi connectivity index (χ1v) is 8.30. The van der Waals surface area contributed by atoms with Crippen LogP contribution >= 0.6 is 11.8 Å². The average Bonchev–Trinajstić information content (AvgIpc) is 2.72. The quantitative estimate of drug-likeness (QED) is 0.673. The van der Waals surface area contributed by atoms with Crippen LogP contribution in [0, 0.1) is 16.7 Å². The van der Waals surface area contributed by atoms with Crippen molar-refractivity contribution in [2.24, 2.45) is 16.7 Å². The number of rotatable bonds is 7. The second-order valence-corrected chi connectivity index (χ2v) is 7.51. The van der Waals surface area contributed by atoms with E-state index in [9.17, 15) is 9.59 Å². The molecular weight excluding hydrogens is 276 g/mol. The van der Waals surface area contributed by atoms with Crippen LogP contribution in [0.25, 0.3) is 0 Å². The molecule has 20 heavy (non-hydrogen) atoms. The van der Waals surface area contributed by atoms with E-state index in [0.29, 0.717) is 24.6 Å². The zero-order valence-corrected chi connectivity index (χ0v) is 13.8. The average molecular weight is 302 g/mol. The molecule has 6 heteroatoms. The highest BCUT2D eigenvalue weighted by Crippen LogP contribution is 2.67. The lowest BCUT2D eigenvalue weighted by Crippen LogP contribution is -2.47. The van der Waals surface area contributed by atoms with Gasteiger partial charge in [0, 0.05) is 6.54 Å². The number of hydrogen-bond donors (Lipinski definition) is 3. The van der Waals surface area contributed by atoms with Gasteiger partial charge in [-0.1, -0.05) is 27.7 Å². The van der Waals surface area contributed by atoms with Crippen LogP contribution in [-0.2, 0) is 4.79 Å². The Labute approximate surface area is 125 Å². The zero-order chi connectivity index (χ0) is 15.6. The van der Waals surface area contributed by atoms with E-state index in [2.05, 4.69) is 38.3 Å². The molecule has 0 aromatic rings. The van der Waals surface area contributed by atoms with Gasteiger partial charge in [0.15, 0.2) is 0 Å². The van der Waals surface area contributed by atoms with Gasteiger partial charge in [-0.15, -0.1) is 0 Å². The Morgan fingerprint density at radius 2 is 1.80 bits per heavy atom. The molecule has 0 radical (unpaired) electrons. The van der Waals surface area contributed by atoms with Crippen LogP contribution in [0.15, 0.2) is 0 Å². The van der Waals surface area contributed by atoms with Crippen molar-refractivity contribution in [2.75, 3.05) is 18.6 Å². The summed E-state index contributed by atoms with van der Waals surface area (Å²) in [6.45, 7) is 9.35. The number of carbonyl (C=O) groups excluding carboxylic acids is 1. The number of hydrogen-bond acceptors (Lipinski definition) is 3. The van der Waals surface area contributed by atoms with Crippen molar-refractivity contribution >= 4 is 23.8 Å². The third kappa shape index (κ3) is 3.59. The molecular formula is C14H26N2O3S. The molecule has 1 rings (SSSR count). The number of nitrogens with one attached hydrogen (secondary N) is 2. The molecule has 0 aromatic carbocycles. The van der Waals surface area contributed by atoms with E-state index in [1.54, 1.807) is 11.8 Å². The third-order valence-corrected chi connectivity index (χ3v) is 5.64. The molecule has 1 aliphatic carbocycles. The normalized spacial score (nSPS) is 21.1. The minimum Gasteiger partial charge on any atom is -0.480 e. The van der Waals surface area contributed by atoms with Crippen LogP contribution in [0.1, 0.15) is 34.1 Å². The summed E-state index contributed by atoms with van der Waals surface area (Å²) >= 11 is 1.57. The van der Waals surface area contributed by atoms with Gasteiger partial charge in [0.1, 0.15) is 6.04 Å². The molecule has 2 amide bonds. The van der Waals surface area contributed by atoms with Gasteiger partial charge in [-0.05, 0) is 35.2 Å². The molecule has 0 aliphatic heterocycles. The topological polar surface area (TPSA) is 78.4 Å². The lowest BCUT2D eigenvalue weighted by atomic mass is 10.0. The first kappa shape index (κ1) is 17.1. The fraction of sp³-hybridized carbons (Fsp3) is 0.857. The molecule has 0 saturated heterocycles. The molecule has 0 unspecified atom stereocenters. The van der Waals surface area contributed by atoms with Crippen molar-refractivity contribution in [3.63, 3.8) is 0 Å². The van der Waals surface area contributed by atoms with E-state index in [1.165, 1.54) is 0 Å². The maximum atomic E-state index is 11.8. The molecule has 0 heterocycles. The first-order valence-electron chi connectivity index (χ1n) is 6.90. The monoisotopic (exact) mass is 302 g/mol. The van der Waals surface area contributed by atoms with E-state index in [4.69, 9.17) is 5.11 Å². The van der Waals surface area contributed by atoms with Gasteiger partial charge in [0.05, 0.1) is 0 Å². The Bertz CT molecular complexity index is 369. The van der Waals surface area contributed by atoms with Gasteiger partial charge in [0.25, 0.3) is 0 Å². The Balaban J connectivity index is 2.38. The van der Waals surface area contributed by atoms with Gasteiger partial charge in [-0.2, -0.15) is 11.8 Å². The Hall–Kier alpha value is -0.910. The Kier molecular flexibility index (Phi) is 5.35. The zero-order valence-electron chi connectivity index (χ0n) is 12.9. The summed E-state index contributed by atoms with van der Waals surface area (Å²) in [6, 6.07) is -1.21. The molecule has 0 bridgehead atoms. The molecule has 1 fully saturated rings. The van der Waals surface area contributed by atoms with Crippen molar-refractivity contribution in [2.45, 2.75) is 40.2 Å². The van der Waals surface area contributed by atoms with Crippen LogP contribution in [0.5, 0.6) is 0 Å². The molecule has 1 atom stereocenters. The van der Waals surface area contributed by atoms with Crippen molar-refractivity contribution in [1.29, 1.82) is 0 Å². The van der Waals surface area contributed by atoms with Gasteiger partial charge in [-0.3, -0.25) is 0 Å². The molecule has 1 aliphatic rings. The van der Waals surface area contributed by atoms with E-state index in [0.717, 1.165) is 0 Å². The van der Waals surface area contributed by atoms with Gasteiger partial charge < -0.3 is 15.7 Å². The molecule has 3 N–H and O–H groups in total. The van der Waals surface area contributed by atoms with Gasteiger partial charge in [-0.25, -0.2) is 9.59 Å². The summed E-state index contributed by atoms with van der Waals surface area (Å²) in [6.07, 6.45) is 2.35. The highest BCUT2D eigenvalue weighted by atomic mass is 32.2. The first-order chi connectivity index (χ1) is 9.14. The standard InChI is InChI=1S/C14H26N2O3S/c1-13(2)10(14(13,3)4)8-15-12(19)16-9(11(17)18)6-7-20-5/h9-10H,6-8H2,1-5H3,(H,17,18)(H2,15,16,19)/t9-/m0/s1. The summed E-state index contributed by atoms with van der Waals surface area (Å²) < 4.78 is 0. The van der Waals surface area contributed by atoms with Gasteiger partial charge in [0.2, 0.25) is 0 Å². The number of carbonyl (C=O) groups is 2. The molecule has 5 nitrogen and oxygen atoms in total. The lowest BCUT2D eigenvalue weighted by Gasteiger charge is -2.15. The van der Waals surface area contributed by atoms with Crippen LogP contribution < -0.4 is 10.6 Å². The summed E-state index contributed by atoms with van der Waals surface area (Å²) in [4.78, 5) is 22.8. The lowest BCUT2D eigenvalue weighted by molar-refractivity contribution is -0.139. The number of urea groups is 1. The maximum Gasteiger partial charge on any atom is 0.326 e. The SMILES string of the molecule is CSCC[C@H](NC(=O)NCC1C(C)(C)C1(C)C)C(=O)O. The summed E-state index contributed by atoms with van der Waals surface area (Å²) in [5.74, 6) is 0.149. The second kappa shape index (κ2) is 6.24. The minimum absolute atomic E-state index is 0.214. The molecule has 116 valence electrons. The van der Waals surface area contributed by atoms with Crippen molar-refractivity contribution in [3.8, 4) is 0 Å². The van der Waals surface area contributed by atoms with E-state index in [-0.39, 0.29) is 10.8 Å². The van der Waals surface area contributed by atoms with Crippen molar-refractivity contribution in [3.05, 3.63) is 0 Å². The van der Waals surface area contributed by atoms with Crippen LogP contribution in [0.2, 0.25) is 0 Å². The fourth-order valence-electron chi connectivity index (χ4n) is 2.74. The highest BCUT2D eigenvalue weighted by Gasteiger charge is 2.64. The highest BCUT2D eigenvalue weighted by molar-refractivity contribution is 7.98. The third-order valence-electron chi connectivity index (χ3n) is 5.00. The fourth-order valence-corrected chi connectivity index (χ4v) is 3.21. The van der Waals surface area contributed by atoms with E-state index < -0.39 is 18.0 Å². The summed E-state index contributed by atoms with van der Waals surface area (Å²) in [7, 11) is 0. The smallest absolute Gasteiger partial charge is 0.326 e. The van der Waals surface area contributed by atoms with Crippen molar-refractivity contribution < 1.29 is 14.7 Å². The predicted molar refractivity (Wildman–Crippen MR) is 82.0 cm³/mol. The Morgan fingerprint density at radius 1 is 1.25 bits per heavy atom. The molecule has 0 aromatic heterocycles. The van der Waals surface area contributed by atoms with E-state index >= 15 is 0 Å².